The molecule has 2 fully saturated rings. The van der Waals surface area contributed by atoms with E-state index in [9.17, 15) is 4.79 Å². The van der Waals surface area contributed by atoms with Crippen molar-refractivity contribution in [3.8, 4) is 0 Å². The van der Waals surface area contributed by atoms with E-state index in [0.717, 1.165) is 13.1 Å². The molecule has 68 valence electrons. The zero-order chi connectivity index (χ0) is 8.55. The predicted molar refractivity (Wildman–Crippen MR) is 46.8 cm³/mol. The van der Waals surface area contributed by atoms with Gasteiger partial charge in [0.1, 0.15) is 0 Å². The molecule has 2 aliphatic heterocycles. The number of likely N-dealkylation sites (N-methyl/N-ethyl adjacent to an activating group) is 1. The highest BCUT2D eigenvalue weighted by molar-refractivity contribution is 5.77. The van der Waals surface area contributed by atoms with Crippen LogP contribution in [0.4, 0.5) is 0 Å². The summed E-state index contributed by atoms with van der Waals surface area (Å²) in [5.74, 6) is 0.331. The van der Waals surface area contributed by atoms with Crippen molar-refractivity contribution in [1.29, 1.82) is 0 Å². The molecule has 2 heterocycles. The third kappa shape index (κ3) is 1.33. The van der Waals surface area contributed by atoms with E-state index in [2.05, 4.69) is 12.2 Å². The number of amides is 1. The molecule has 3 heteroatoms. The Balaban J connectivity index is 2.07. The molecule has 2 saturated heterocycles. The fourth-order valence-electron chi connectivity index (χ4n) is 2.22. The molecule has 0 aromatic carbocycles. The molecule has 1 amide bonds. The number of nitrogens with one attached hydrogen (secondary N) is 1. The Hall–Kier alpha value is -0.570. The van der Waals surface area contributed by atoms with Crippen LogP contribution in [-0.4, -0.2) is 36.0 Å². The molecule has 2 bridgehead atoms. The number of rotatable bonds is 1. The maximum Gasteiger partial charge on any atom is 0.224 e. The van der Waals surface area contributed by atoms with Gasteiger partial charge in [-0.1, -0.05) is 0 Å². The first-order valence-electron chi connectivity index (χ1n) is 4.83. The molecule has 0 spiro atoms. The predicted octanol–water partition coefficient (Wildman–Crippen LogP) is 0.359. The van der Waals surface area contributed by atoms with Gasteiger partial charge in [-0.15, -0.1) is 0 Å². The van der Waals surface area contributed by atoms with Crippen LogP contribution in [0.2, 0.25) is 0 Å². The van der Waals surface area contributed by atoms with Gasteiger partial charge in [0, 0.05) is 31.6 Å². The number of nitrogens with zero attached hydrogens (tertiary/aromatic N) is 1. The minimum Gasteiger partial charge on any atom is -0.341 e. The van der Waals surface area contributed by atoms with Crippen molar-refractivity contribution in [3.63, 3.8) is 0 Å². The van der Waals surface area contributed by atoms with Crippen LogP contribution in [0.5, 0.6) is 0 Å². The molecule has 3 nitrogen and oxygen atoms in total. The quantitative estimate of drug-likeness (QED) is 0.613. The van der Waals surface area contributed by atoms with Crippen LogP contribution in [0.3, 0.4) is 0 Å². The van der Waals surface area contributed by atoms with E-state index in [1.807, 2.05) is 4.90 Å². The van der Waals surface area contributed by atoms with E-state index in [0.29, 0.717) is 24.4 Å². The van der Waals surface area contributed by atoms with Gasteiger partial charge in [0.2, 0.25) is 5.91 Å². The summed E-state index contributed by atoms with van der Waals surface area (Å²) in [6.45, 7) is 3.84. The summed E-state index contributed by atoms with van der Waals surface area (Å²) in [6, 6.07) is 1.04. The Labute approximate surface area is 73.1 Å². The number of likely N-dealkylation sites (tertiary alicyclic amines) is 1. The molecule has 0 saturated carbocycles. The zero-order valence-corrected chi connectivity index (χ0v) is 7.55. The average Bonchev–Trinajstić information content (AvgIpc) is 2.39. The monoisotopic (exact) mass is 168 g/mol. The molecule has 0 aromatic rings. The van der Waals surface area contributed by atoms with Gasteiger partial charge in [0.05, 0.1) is 0 Å². The first-order valence-corrected chi connectivity index (χ1v) is 4.83. The molecule has 2 rings (SSSR count). The standard InChI is InChI=1S/C9H16N2O/c1-2-11-6-8-4-3-7(10-8)5-9(11)12/h7-8,10H,2-6H2,1H3. The van der Waals surface area contributed by atoms with Crippen molar-refractivity contribution in [2.24, 2.45) is 0 Å². The van der Waals surface area contributed by atoms with E-state index in [1.165, 1.54) is 12.8 Å². The lowest BCUT2D eigenvalue weighted by atomic mass is 10.1. The van der Waals surface area contributed by atoms with Crippen molar-refractivity contribution in [3.05, 3.63) is 0 Å². The normalized spacial score (nSPS) is 35.4. The summed E-state index contributed by atoms with van der Waals surface area (Å²) in [7, 11) is 0. The second-order valence-electron chi connectivity index (χ2n) is 3.77. The van der Waals surface area contributed by atoms with Crippen molar-refractivity contribution in [2.75, 3.05) is 13.1 Å². The molecule has 0 aliphatic carbocycles. The number of fused-ring (bicyclic) bond motifs is 2. The van der Waals surface area contributed by atoms with Crippen LogP contribution in [0.15, 0.2) is 0 Å². The first-order chi connectivity index (χ1) is 5.79. The molecule has 12 heavy (non-hydrogen) atoms. The highest BCUT2D eigenvalue weighted by Crippen LogP contribution is 2.20. The van der Waals surface area contributed by atoms with Crippen molar-refractivity contribution >= 4 is 5.91 Å². The summed E-state index contributed by atoms with van der Waals surface area (Å²) in [4.78, 5) is 13.5. The lowest BCUT2D eigenvalue weighted by Crippen LogP contribution is -2.37. The van der Waals surface area contributed by atoms with Gasteiger partial charge in [-0.25, -0.2) is 0 Å². The first kappa shape index (κ1) is 8.05. The van der Waals surface area contributed by atoms with Gasteiger partial charge >= 0.3 is 0 Å². The van der Waals surface area contributed by atoms with Gasteiger partial charge in [0.15, 0.2) is 0 Å². The number of carbonyl (C=O) groups excluding carboxylic acids is 1. The molecular formula is C9H16N2O. The lowest BCUT2D eigenvalue weighted by Gasteiger charge is -2.22. The number of hydrogen-bond acceptors (Lipinski definition) is 2. The van der Waals surface area contributed by atoms with Gasteiger partial charge in [-0.05, 0) is 19.8 Å². The van der Waals surface area contributed by atoms with Crippen LogP contribution >= 0.6 is 0 Å². The van der Waals surface area contributed by atoms with Crippen LogP contribution in [0.1, 0.15) is 26.2 Å². The zero-order valence-electron chi connectivity index (χ0n) is 7.55. The lowest BCUT2D eigenvalue weighted by molar-refractivity contribution is -0.131. The molecular weight excluding hydrogens is 152 g/mol. The van der Waals surface area contributed by atoms with E-state index in [1.54, 1.807) is 0 Å². The molecule has 2 unspecified atom stereocenters. The van der Waals surface area contributed by atoms with E-state index in [4.69, 9.17) is 0 Å². The van der Waals surface area contributed by atoms with Gasteiger partial charge in [-0.3, -0.25) is 4.79 Å². The summed E-state index contributed by atoms with van der Waals surface area (Å²) in [5.41, 5.74) is 0. The number of hydrogen-bond donors (Lipinski definition) is 1. The summed E-state index contributed by atoms with van der Waals surface area (Å²) < 4.78 is 0. The van der Waals surface area contributed by atoms with Crippen LogP contribution in [-0.2, 0) is 4.79 Å². The van der Waals surface area contributed by atoms with Crippen LogP contribution in [0, 0.1) is 0 Å². The van der Waals surface area contributed by atoms with Gasteiger partial charge < -0.3 is 10.2 Å². The fraction of sp³-hybridized carbons (Fsp3) is 0.889. The van der Waals surface area contributed by atoms with Crippen molar-refractivity contribution < 1.29 is 4.79 Å². The number of carbonyl (C=O) groups is 1. The largest absolute Gasteiger partial charge is 0.341 e. The van der Waals surface area contributed by atoms with Crippen molar-refractivity contribution in [2.45, 2.75) is 38.3 Å². The Morgan fingerprint density at radius 3 is 3.00 bits per heavy atom. The molecule has 2 aliphatic rings. The van der Waals surface area contributed by atoms with Gasteiger partial charge in [0.25, 0.3) is 0 Å². The molecule has 2 atom stereocenters. The topological polar surface area (TPSA) is 32.3 Å². The Morgan fingerprint density at radius 1 is 1.50 bits per heavy atom. The summed E-state index contributed by atoms with van der Waals surface area (Å²) in [5, 5.41) is 3.49. The van der Waals surface area contributed by atoms with Crippen molar-refractivity contribution in [1.82, 2.24) is 10.2 Å². The summed E-state index contributed by atoms with van der Waals surface area (Å²) in [6.07, 6.45) is 3.15. The van der Waals surface area contributed by atoms with Gasteiger partial charge in [-0.2, -0.15) is 0 Å². The SMILES string of the molecule is CCN1CC2CCC(CC1=O)N2. The van der Waals surface area contributed by atoms with E-state index in [-0.39, 0.29) is 0 Å². The highest BCUT2D eigenvalue weighted by atomic mass is 16.2. The third-order valence-electron chi connectivity index (χ3n) is 2.93. The summed E-state index contributed by atoms with van der Waals surface area (Å²) >= 11 is 0. The molecule has 0 aromatic heterocycles. The fourth-order valence-corrected chi connectivity index (χ4v) is 2.22. The maximum absolute atomic E-state index is 11.5. The minimum atomic E-state index is 0.331. The molecule has 0 radical (unpaired) electrons. The Bertz CT molecular complexity index is 193. The third-order valence-corrected chi connectivity index (χ3v) is 2.93. The average molecular weight is 168 g/mol. The second-order valence-corrected chi connectivity index (χ2v) is 3.77. The Morgan fingerprint density at radius 2 is 2.25 bits per heavy atom. The van der Waals surface area contributed by atoms with Crippen LogP contribution in [0.25, 0.3) is 0 Å². The minimum absolute atomic E-state index is 0.331. The van der Waals surface area contributed by atoms with Crippen LogP contribution < -0.4 is 5.32 Å². The highest BCUT2D eigenvalue weighted by Gasteiger charge is 2.32. The maximum atomic E-state index is 11.5. The second kappa shape index (κ2) is 3.05. The van der Waals surface area contributed by atoms with E-state index < -0.39 is 0 Å². The molecule has 1 N–H and O–H groups in total. The van der Waals surface area contributed by atoms with E-state index >= 15 is 0 Å². The smallest absolute Gasteiger partial charge is 0.224 e. The Kier molecular flexibility index (Phi) is 2.05.